The minimum absolute atomic E-state index is 0.235. The molecule has 0 unspecified atom stereocenters. The molecule has 0 spiro atoms. The minimum atomic E-state index is -0.910. The maximum atomic E-state index is 12.9. The summed E-state index contributed by atoms with van der Waals surface area (Å²) in [4.78, 5) is 28.7. The normalized spacial score (nSPS) is 12.4. The van der Waals surface area contributed by atoms with Gasteiger partial charge in [-0.1, -0.05) is 23.4 Å². The minimum Gasteiger partial charge on any atom is -0.451 e. The summed E-state index contributed by atoms with van der Waals surface area (Å²) in [6, 6.07) is 12.6. The van der Waals surface area contributed by atoms with E-state index in [0.29, 0.717) is 23.2 Å². The number of fused-ring (bicyclic) bond motifs is 2. The van der Waals surface area contributed by atoms with Crippen LogP contribution in [-0.2, 0) is 11.3 Å². The van der Waals surface area contributed by atoms with Crippen LogP contribution in [0.25, 0.3) is 21.9 Å². The lowest BCUT2D eigenvalue weighted by Gasteiger charge is -2.12. The Hall–Kier alpha value is -3.48. The zero-order chi connectivity index (χ0) is 19.8. The lowest BCUT2D eigenvalue weighted by Crippen LogP contribution is -2.24. The van der Waals surface area contributed by atoms with Gasteiger partial charge in [-0.25, -0.2) is 9.48 Å². The molecule has 4 rings (SSSR count). The van der Waals surface area contributed by atoms with E-state index in [4.69, 9.17) is 4.74 Å². The monoisotopic (exact) mass is 376 g/mol. The summed E-state index contributed by atoms with van der Waals surface area (Å²) in [5.74, 6) is -0.799. The van der Waals surface area contributed by atoms with Gasteiger partial charge in [0.1, 0.15) is 5.52 Å². The molecule has 2 heterocycles. The maximum absolute atomic E-state index is 12.9. The molecule has 7 nitrogen and oxygen atoms in total. The molecule has 4 aromatic rings. The molecule has 1 N–H and O–H groups in total. The predicted octanol–water partition coefficient (Wildman–Crippen LogP) is 3.67. The molecule has 2 aromatic heterocycles. The van der Waals surface area contributed by atoms with Crippen molar-refractivity contribution in [2.45, 2.75) is 33.4 Å². The number of rotatable bonds is 5. The molecule has 0 radical (unpaired) electrons. The first-order valence-corrected chi connectivity index (χ1v) is 9.15. The number of carbonyl (C=O) groups excluding carboxylic acids is 2. The molecule has 142 valence electrons. The molecule has 0 fully saturated rings. The Morgan fingerprint density at radius 1 is 1.21 bits per heavy atom. The number of benzene rings is 2. The number of H-pyrrole nitrogens is 1. The van der Waals surface area contributed by atoms with Gasteiger partial charge in [0, 0.05) is 28.7 Å². The number of Topliss-reactive ketones (excluding diaryl/α,β-unsaturated/α-hetero) is 1. The highest BCUT2D eigenvalue weighted by Crippen LogP contribution is 2.24. The van der Waals surface area contributed by atoms with Crippen LogP contribution in [0.2, 0.25) is 0 Å². The third-order valence-corrected chi connectivity index (χ3v) is 4.84. The van der Waals surface area contributed by atoms with Gasteiger partial charge in [-0.2, -0.15) is 0 Å². The molecule has 2 aromatic carbocycles. The average molecular weight is 376 g/mol. The number of aryl methyl sites for hydroxylation is 2. The molecule has 28 heavy (non-hydrogen) atoms. The van der Waals surface area contributed by atoms with Crippen molar-refractivity contribution in [3.05, 3.63) is 59.3 Å². The van der Waals surface area contributed by atoms with E-state index in [-0.39, 0.29) is 5.78 Å². The van der Waals surface area contributed by atoms with Gasteiger partial charge >= 0.3 is 5.97 Å². The van der Waals surface area contributed by atoms with Crippen LogP contribution < -0.4 is 0 Å². The van der Waals surface area contributed by atoms with Gasteiger partial charge in [0.2, 0.25) is 5.78 Å². The summed E-state index contributed by atoms with van der Waals surface area (Å²) in [5, 5.41) is 8.92. The Labute approximate surface area is 161 Å². The lowest BCUT2D eigenvalue weighted by molar-refractivity contribution is 0.0319. The Morgan fingerprint density at radius 2 is 2.00 bits per heavy atom. The number of hydrogen-bond donors (Lipinski definition) is 1. The number of aromatic amines is 1. The Balaban J connectivity index is 1.57. The van der Waals surface area contributed by atoms with Gasteiger partial charge in [-0.05, 0) is 45.0 Å². The Kier molecular flexibility index (Phi) is 4.43. The highest BCUT2D eigenvalue weighted by molar-refractivity contribution is 6.11. The predicted molar refractivity (Wildman–Crippen MR) is 105 cm³/mol. The third-order valence-electron chi connectivity index (χ3n) is 4.84. The SMILES string of the molecule is CCn1nnc2cc(C(=O)O[C@H](C)C(=O)c3c(C)[nH]c4ccccc34)ccc21. The van der Waals surface area contributed by atoms with Crippen molar-refractivity contribution in [2.75, 3.05) is 0 Å². The highest BCUT2D eigenvalue weighted by atomic mass is 16.5. The van der Waals surface area contributed by atoms with Gasteiger partial charge in [0.25, 0.3) is 0 Å². The van der Waals surface area contributed by atoms with Crippen molar-refractivity contribution in [1.82, 2.24) is 20.0 Å². The number of esters is 1. The van der Waals surface area contributed by atoms with Gasteiger partial charge in [0.05, 0.1) is 11.1 Å². The molecule has 0 aliphatic heterocycles. The molecular formula is C21H20N4O3. The van der Waals surface area contributed by atoms with Crippen molar-refractivity contribution < 1.29 is 14.3 Å². The maximum Gasteiger partial charge on any atom is 0.338 e. The largest absolute Gasteiger partial charge is 0.451 e. The smallest absolute Gasteiger partial charge is 0.338 e. The molecule has 1 atom stereocenters. The molecule has 0 amide bonds. The van der Waals surface area contributed by atoms with Crippen LogP contribution in [0.3, 0.4) is 0 Å². The second kappa shape index (κ2) is 6.92. The summed E-state index contributed by atoms with van der Waals surface area (Å²) in [6.07, 6.45) is -0.910. The van der Waals surface area contributed by atoms with Crippen molar-refractivity contribution in [3.63, 3.8) is 0 Å². The van der Waals surface area contributed by atoms with Crippen molar-refractivity contribution in [1.29, 1.82) is 0 Å². The van der Waals surface area contributed by atoms with Crippen molar-refractivity contribution >= 4 is 33.7 Å². The quantitative estimate of drug-likeness (QED) is 0.424. The number of aromatic nitrogens is 4. The molecule has 0 aliphatic carbocycles. The van der Waals surface area contributed by atoms with Crippen molar-refractivity contribution in [3.8, 4) is 0 Å². The van der Waals surface area contributed by atoms with Crippen LogP contribution in [0, 0.1) is 6.92 Å². The van der Waals surface area contributed by atoms with Crippen LogP contribution in [0.4, 0.5) is 0 Å². The van der Waals surface area contributed by atoms with Crippen LogP contribution >= 0.6 is 0 Å². The second-order valence-corrected chi connectivity index (χ2v) is 6.69. The van der Waals surface area contributed by atoms with Gasteiger partial charge < -0.3 is 9.72 Å². The fourth-order valence-corrected chi connectivity index (χ4v) is 3.41. The number of hydrogen-bond acceptors (Lipinski definition) is 5. The fourth-order valence-electron chi connectivity index (χ4n) is 3.41. The molecule has 7 heteroatoms. The van der Waals surface area contributed by atoms with Crippen LogP contribution in [0.5, 0.6) is 0 Å². The third kappa shape index (κ3) is 2.94. The molecular weight excluding hydrogens is 356 g/mol. The first-order chi connectivity index (χ1) is 13.5. The molecule has 0 saturated heterocycles. The summed E-state index contributed by atoms with van der Waals surface area (Å²) >= 11 is 0. The first-order valence-electron chi connectivity index (χ1n) is 9.15. The zero-order valence-electron chi connectivity index (χ0n) is 15.9. The van der Waals surface area contributed by atoms with E-state index in [1.54, 1.807) is 29.8 Å². The fraction of sp³-hybridized carbons (Fsp3) is 0.238. The molecule has 0 aliphatic rings. The summed E-state index contributed by atoms with van der Waals surface area (Å²) in [5.41, 5.74) is 3.99. The number of ether oxygens (including phenoxy) is 1. The van der Waals surface area contributed by atoms with E-state index in [0.717, 1.165) is 22.1 Å². The number of nitrogens with zero attached hydrogens (tertiary/aromatic N) is 3. The van der Waals surface area contributed by atoms with Gasteiger partial charge in [-0.15, -0.1) is 5.10 Å². The number of ketones is 1. The van der Waals surface area contributed by atoms with Crippen molar-refractivity contribution in [2.24, 2.45) is 0 Å². The van der Waals surface area contributed by atoms with Crippen LogP contribution in [0.15, 0.2) is 42.5 Å². The zero-order valence-corrected chi connectivity index (χ0v) is 15.9. The topological polar surface area (TPSA) is 89.9 Å². The average Bonchev–Trinajstić information content (AvgIpc) is 3.26. The van der Waals surface area contributed by atoms with E-state index in [1.807, 2.05) is 38.1 Å². The molecule has 0 bridgehead atoms. The van der Waals surface area contributed by atoms with Gasteiger partial charge in [-0.3, -0.25) is 4.79 Å². The molecule has 0 saturated carbocycles. The second-order valence-electron chi connectivity index (χ2n) is 6.69. The Morgan fingerprint density at radius 3 is 2.79 bits per heavy atom. The number of para-hydroxylation sites is 1. The highest BCUT2D eigenvalue weighted by Gasteiger charge is 2.25. The lowest BCUT2D eigenvalue weighted by atomic mass is 10.0. The number of nitrogens with one attached hydrogen (secondary N) is 1. The van der Waals surface area contributed by atoms with E-state index in [2.05, 4.69) is 15.3 Å². The van der Waals surface area contributed by atoms with Crippen LogP contribution in [-0.4, -0.2) is 37.8 Å². The Bertz CT molecular complexity index is 1210. The summed E-state index contributed by atoms with van der Waals surface area (Å²) in [6.45, 7) is 6.09. The number of carbonyl (C=O) groups is 2. The summed E-state index contributed by atoms with van der Waals surface area (Å²) < 4.78 is 7.20. The summed E-state index contributed by atoms with van der Waals surface area (Å²) in [7, 11) is 0. The van der Waals surface area contributed by atoms with Crippen LogP contribution in [0.1, 0.15) is 40.3 Å². The van der Waals surface area contributed by atoms with E-state index in [9.17, 15) is 9.59 Å². The van der Waals surface area contributed by atoms with E-state index >= 15 is 0 Å². The van der Waals surface area contributed by atoms with E-state index in [1.165, 1.54) is 0 Å². The van der Waals surface area contributed by atoms with E-state index < -0.39 is 12.1 Å². The first kappa shape index (κ1) is 17.9. The standard InChI is InChI=1S/C21H20N4O3/c1-4-25-18-10-9-14(11-17(18)23-24-25)21(27)28-13(3)20(26)19-12(2)22-16-8-6-5-7-15(16)19/h5-11,13,22H,4H2,1-3H3/t13-/m1/s1. The van der Waals surface area contributed by atoms with Gasteiger partial charge in [0.15, 0.2) is 6.10 Å².